The van der Waals surface area contributed by atoms with Gasteiger partial charge in [-0.15, -0.1) is 0 Å². The van der Waals surface area contributed by atoms with Gasteiger partial charge in [-0.1, -0.05) is 13.0 Å². The summed E-state index contributed by atoms with van der Waals surface area (Å²) >= 11 is 0. The van der Waals surface area contributed by atoms with Gasteiger partial charge in [0.05, 0.1) is 0 Å². The number of hydrogen-bond donors (Lipinski definition) is 1. The maximum Gasteiger partial charge on any atom is 0.129 e. The van der Waals surface area contributed by atoms with Crippen LogP contribution < -0.4 is 5.32 Å². The van der Waals surface area contributed by atoms with Crippen molar-refractivity contribution in [2.24, 2.45) is 0 Å². The monoisotopic (exact) mass is 169 g/mol. The van der Waals surface area contributed by atoms with Crippen molar-refractivity contribution in [3.8, 4) is 0 Å². The molecule has 1 N–H and O–H groups in total. The van der Waals surface area contributed by atoms with Gasteiger partial charge in [-0.05, 0) is 26.7 Å². The predicted octanol–water partition coefficient (Wildman–Crippen LogP) is 2.26. The number of allylic oxidation sites excluding steroid dienone is 1. The Balaban J connectivity index is 3.01. The average Bonchev–Trinajstić information content (AvgIpc) is 1.95. The van der Waals surface area contributed by atoms with Crippen molar-refractivity contribution in [2.75, 3.05) is 6.54 Å². The van der Waals surface area contributed by atoms with E-state index in [4.69, 9.17) is 0 Å². The molecule has 0 saturated heterocycles. The molecule has 0 fully saturated rings. The van der Waals surface area contributed by atoms with Crippen LogP contribution in [0.25, 0.3) is 0 Å². The lowest BCUT2D eigenvalue weighted by molar-refractivity contribution is -0.117. The first kappa shape index (κ1) is 11.2. The highest BCUT2D eigenvalue weighted by Crippen LogP contribution is 1.99. The molecule has 0 aromatic heterocycles. The molecule has 0 amide bonds. The van der Waals surface area contributed by atoms with Crippen LogP contribution in [-0.2, 0) is 4.79 Å². The van der Waals surface area contributed by atoms with Crippen LogP contribution >= 0.6 is 0 Å². The number of Topliss-reactive ketones (excluding diaryl/α,β-unsaturated/α-hetero) is 1. The molecule has 0 aliphatic rings. The van der Waals surface area contributed by atoms with Crippen molar-refractivity contribution in [3.05, 3.63) is 12.3 Å². The number of ketones is 1. The van der Waals surface area contributed by atoms with Gasteiger partial charge in [0.25, 0.3) is 0 Å². The van der Waals surface area contributed by atoms with Crippen LogP contribution in [-0.4, -0.2) is 12.3 Å². The van der Waals surface area contributed by atoms with E-state index in [0.29, 0.717) is 5.78 Å². The summed E-state index contributed by atoms with van der Waals surface area (Å²) in [5, 5.41) is 3.15. The number of carbonyl (C=O) groups excluding carboxylic acids is 1. The molecular weight excluding hydrogens is 150 g/mol. The molecule has 70 valence electrons. The Labute approximate surface area is 75.0 Å². The summed E-state index contributed by atoms with van der Waals surface area (Å²) in [6.07, 6.45) is 4.00. The molecule has 0 unspecified atom stereocenters. The summed E-state index contributed by atoms with van der Waals surface area (Å²) in [6.45, 7) is 8.31. The molecule has 2 nitrogen and oxygen atoms in total. The second-order valence-corrected chi connectivity index (χ2v) is 3.22. The Kier molecular flexibility index (Phi) is 6.44. The van der Waals surface area contributed by atoms with Crippen molar-refractivity contribution in [1.29, 1.82) is 0 Å². The predicted molar refractivity (Wildman–Crippen MR) is 52.0 cm³/mol. The zero-order chi connectivity index (χ0) is 9.40. The van der Waals surface area contributed by atoms with Crippen molar-refractivity contribution in [3.63, 3.8) is 0 Å². The molecule has 0 bridgehead atoms. The Morgan fingerprint density at radius 1 is 1.25 bits per heavy atom. The fraction of sp³-hybridized carbons (Fsp3) is 0.700. The minimum atomic E-state index is 0.294. The molecule has 12 heavy (non-hydrogen) atoms. The average molecular weight is 169 g/mol. The van der Waals surface area contributed by atoms with E-state index in [1.165, 1.54) is 0 Å². The van der Waals surface area contributed by atoms with Gasteiger partial charge < -0.3 is 10.1 Å². The zero-order valence-electron chi connectivity index (χ0n) is 8.15. The van der Waals surface area contributed by atoms with Crippen molar-refractivity contribution in [2.45, 2.75) is 39.5 Å². The third kappa shape index (κ3) is 9.21. The molecule has 0 aromatic carbocycles. The Morgan fingerprint density at radius 3 is 2.42 bits per heavy atom. The van der Waals surface area contributed by atoms with E-state index in [-0.39, 0.29) is 0 Å². The quantitative estimate of drug-likeness (QED) is 0.592. The van der Waals surface area contributed by atoms with E-state index < -0.39 is 0 Å². The van der Waals surface area contributed by atoms with Crippen molar-refractivity contribution < 1.29 is 4.79 Å². The summed E-state index contributed by atoms with van der Waals surface area (Å²) in [6, 6.07) is 0. The molecule has 0 aromatic rings. The molecule has 0 atom stereocenters. The van der Waals surface area contributed by atoms with Crippen molar-refractivity contribution in [1.82, 2.24) is 5.32 Å². The van der Waals surface area contributed by atoms with Crippen molar-refractivity contribution >= 4 is 5.78 Å². The number of carbonyl (C=O) groups is 1. The summed E-state index contributed by atoms with van der Waals surface area (Å²) in [7, 11) is 0. The standard InChI is InChI=1S/C10H19NO/c1-9(2)11-8-6-4-5-7-10(3)12/h11H,1,4-8H2,2-3H3. The Hall–Kier alpha value is -0.790. The highest BCUT2D eigenvalue weighted by molar-refractivity contribution is 5.75. The first-order chi connectivity index (χ1) is 5.63. The summed E-state index contributed by atoms with van der Waals surface area (Å²) in [4.78, 5) is 10.6. The Morgan fingerprint density at radius 2 is 1.92 bits per heavy atom. The van der Waals surface area contributed by atoms with E-state index in [1.807, 2.05) is 6.92 Å². The van der Waals surface area contributed by atoms with Crippen LogP contribution in [0.15, 0.2) is 12.3 Å². The maximum absolute atomic E-state index is 10.6. The van der Waals surface area contributed by atoms with Crippen LogP contribution in [0.4, 0.5) is 0 Å². The highest BCUT2D eigenvalue weighted by atomic mass is 16.1. The van der Waals surface area contributed by atoms with Crippen LogP contribution in [0.2, 0.25) is 0 Å². The molecule has 0 radical (unpaired) electrons. The fourth-order valence-electron chi connectivity index (χ4n) is 0.977. The zero-order valence-corrected chi connectivity index (χ0v) is 8.15. The van der Waals surface area contributed by atoms with Gasteiger partial charge in [0.15, 0.2) is 0 Å². The second-order valence-electron chi connectivity index (χ2n) is 3.22. The largest absolute Gasteiger partial charge is 0.389 e. The molecule has 2 heteroatoms. The van der Waals surface area contributed by atoms with Gasteiger partial charge in [0.2, 0.25) is 0 Å². The maximum atomic E-state index is 10.6. The summed E-state index contributed by atoms with van der Waals surface area (Å²) in [5.74, 6) is 0.294. The first-order valence-corrected chi connectivity index (χ1v) is 4.51. The van der Waals surface area contributed by atoms with Gasteiger partial charge in [-0.2, -0.15) is 0 Å². The van der Waals surface area contributed by atoms with Crippen LogP contribution in [0, 0.1) is 0 Å². The molecular formula is C10H19NO. The molecule has 0 heterocycles. The SMILES string of the molecule is C=C(C)NCCCCCC(C)=O. The van der Waals surface area contributed by atoms with E-state index in [2.05, 4.69) is 11.9 Å². The molecule has 0 saturated carbocycles. The number of nitrogens with one attached hydrogen (secondary N) is 1. The summed E-state index contributed by atoms with van der Waals surface area (Å²) < 4.78 is 0. The smallest absolute Gasteiger partial charge is 0.129 e. The second kappa shape index (κ2) is 6.89. The van der Waals surface area contributed by atoms with Gasteiger partial charge in [0.1, 0.15) is 5.78 Å². The van der Waals surface area contributed by atoms with Gasteiger partial charge >= 0.3 is 0 Å². The third-order valence-electron chi connectivity index (χ3n) is 1.63. The normalized spacial score (nSPS) is 9.50. The molecule has 0 spiro atoms. The van der Waals surface area contributed by atoms with Crippen LogP contribution in [0.3, 0.4) is 0 Å². The van der Waals surface area contributed by atoms with Gasteiger partial charge in [0, 0.05) is 18.7 Å². The Bertz CT molecular complexity index is 134. The summed E-state index contributed by atoms with van der Waals surface area (Å²) in [5.41, 5.74) is 1.02. The van der Waals surface area contributed by atoms with E-state index in [9.17, 15) is 4.79 Å². The van der Waals surface area contributed by atoms with E-state index in [0.717, 1.165) is 37.9 Å². The first-order valence-electron chi connectivity index (χ1n) is 4.51. The third-order valence-corrected chi connectivity index (χ3v) is 1.63. The number of rotatable bonds is 7. The minimum Gasteiger partial charge on any atom is -0.389 e. The van der Waals surface area contributed by atoms with Crippen LogP contribution in [0.1, 0.15) is 39.5 Å². The molecule has 0 aliphatic heterocycles. The molecule has 0 rings (SSSR count). The van der Waals surface area contributed by atoms with E-state index in [1.54, 1.807) is 6.92 Å². The topological polar surface area (TPSA) is 29.1 Å². The minimum absolute atomic E-state index is 0.294. The lowest BCUT2D eigenvalue weighted by Gasteiger charge is -2.03. The fourth-order valence-corrected chi connectivity index (χ4v) is 0.977. The lowest BCUT2D eigenvalue weighted by atomic mass is 10.1. The van der Waals surface area contributed by atoms with Gasteiger partial charge in [-0.3, -0.25) is 0 Å². The number of hydrogen-bond acceptors (Lipinski definition) is 2. The van der Waals surface area contributed by atoms with Gasteiger partial charge in [-0.25, -0.2) is 0 Å². The van der Waals surface area contributed by atoms with E-state index >= 15 is 0 Å². The highest BCUT2D eigenvalue weighted by Gasteiger charge is 1.93. The van der Waals surface area contributed by atoms with Crippen LogP contribution in [0.5, 0.6) is 0 Å². The number of unbranched alkanes of at least 4 members (excludes halogenated alkanes) is 2. The lowest BCUT2D eigenvalue weighted by Crippen LogP contribution is -2.11. The molecule has 0 aliphatic carbocycles.